The first-order valence-corrected chi connectivity index (χ1v) is 4.78. The van der Waals surface area contributed by atoms with Crippen molar-refractivity contribution in [2.45, 2.75) is 13.8 Å². The quantitative estimate of drug-likeness (QED) is 0.769. The third-order valence-electron chi connectivity index (χ3n) is 1.82. The molecule has 0 saturated heterocycles. The Balaban J connectivity index is 2.96. The van der Waals surface area contributed by atoms with E-state index in [-0.39, 0.29) is 28.3 Å². The maximum absolute atomic E-state index is 13.2. The topological polar surface area (TPSA) is 49.3 Å². The van der Waals surface area contributed by atoms with Gasteiger partial charge in [-0.15, -0.1) is 0 Å². The molecular formula is C10H11ClFNO2. The van der Waals surface area contributed by atoms with Gasteiger partial charge in [-0.1, -0.05) is 25.4 Å². The lowest BCUT2D eigenvalue weighted by Crippen LogP contribution is -2.18. The molecule has 0 aromatic heterocycles. The number of phenolic OH excluding ortho intramolecular Hbond substituents is 1. The van der Waals surface area contributed by atoms with E-state index in [9.17, 15) is 9.18 Å². The Hall–Kier alpha value is -1.29. The highest BCUT2D eigenvalue weighted by atomic mass is 35.5. The van der Waals surface area contributed by atoms with E-state index in [1.165, 1.54) is 6.07 Å². The molecule has 1 aromatic carbocycles. The molecule has 0 radical (unpaired) electrons. The third-order valence-corrected chi connectivity index (χ3v) is 2.12. The maximum atomic E-state index is 13.2. The number of carbonyl (C=O) groups excluding carboxylic acids is 1. The van der Waals surface area contributed by atoms with Gasteiger partial charge < -0.3 is 10.4 Å². The minimum atomic E-state index is -0.717. The number of hydrogen-bond acceptors (Lipinski definition) is 2. The van der Waals surface area contributed by atoms with Crippen LogP contribution in [0.15, 0.2) is 12.1 Å². The number of amides is 1. The van der Waals surface area contributed by atoms with E-state index in [1.807, 2.05) is 0 Å². The molecule has 0 fully saturated rings. The van der Waals surface area contributed by atoms with Crippen LogP contribution in [0.3, 0.4) is 0 Å². The van der Waals surface area contributed by atoms with Gasteiger partial charge in [-0.25, -0.2) is 4.39 Å². The maximum Gasteiger partial charge on any atom is 0.227 e. The molecule has 0 spiro atoms. The lowest BCUT2D eigenvalue weighted by Gasteiger charge is -2.09. The predicted octanol–water partition coefficient (Wildman–Crippen LogP) is 2.78. The van der Waals surface area contributed by atoms with Crippen LogP contribution in [-0.4, -0.2) is 11.0 Å². The molecule has 3 nitrogen and oxygen atoms in total. The van der Waals surface area contributed by atoms with E-state index in [2.05, 4.69) is 5.32 Å². The minimum absolute atomic E-state index is 0.00421. The van der Waals surface area contributed by atoms with Gasteiger partial charge in [0, 0.05) is 12.0 Å². The standard InChI is InChI=1S/C10H11ClFNO2/c1-5(2)10(15)13-8-3-6(11)9(14)4-7(8)12/h3-5,14H,1-2H3,(H,13,15). The number of hydrogen-bond donors (Lipinski definition) is 2. The largest absolute Gasteiger partial charge is 0.506 e. The zero-order valence-electron chi connectivity index (χ0n) is 8.34. The molecule has 0 saturated carbocycles. The van der Waals surface area contributed by atoms with Crippen LogP contribution < -0.4 is 5.32 Å². The highest BCUT2D eigenvalue weighted by Crippen LogP contribution is 2.29. The zero-order valence-corrected chi connectivity index (χ0v) is 9.10. The molecule has 1 rings (SSSR count). The molecule has 0 aliphatic rings. The summed E-state index contributed by atoms with van der Waals surface area (Å²) < 4.78 is 13.2. The van der Waals surface area contributed by atoms with Crippen molar-refractivity contribution in [2.24, 2.45) is 5.92 Å². The van der Waals surface area contributed by atoms with E-state index in [0.717, 1.165) is 6.07 Å². The summed E-state index contributed by atoms with van der Waals surface area (Å²) in [6.45, 7) is 3.38. The Morgan fingerprint density at radius 1 is 1.53 bits per heavy atom. The van der Waals surface area contributed by atoms with Gasteiger partial charge in [0.2, 0.25) is 5.91 Å². The summed E-state index contributed by atoms with van der Waals surface area (Å²) in [6, 6.07) is 2.03. The Morgan fingerprint density at radius 2 is 2.13 bits per heavy atom. The molecule has 0 heterocycles. The van der Waals surface area contributed by atoms with Crippen molar-refractivity contribution in [1.29, 1.82) is 0 Å². The van der Waals surface area contributed by atoms with Crippen molar-refractivity contribution in [3.63, 3.8) is 0 Å². The fraction of sp³-hybridized carbons (Fsp3) is 0.300. The minimum Gasteiger partial charge on any atom is -0.506 e. The fourth-order valence-corrected chi connectivity index (χ4v) is 1.07. The third kappa shape index (κ3) is 2.83. The Morgan fingerprint density at radius 3 is 2.67 bits per heavy atom. The van der Waals surface area contributed by atoms with Gasteiger partial charge in [-0.2, -0.15) is 0 Å². The molecular weight excluding hydrogens is 221 g/mol. The van der Waals surface area contributed by atoms with Crippen molar-refractivity contribution >= 4 is 23.2 Å². The number of halogens is 2. The van der Waals surface area contributed by atoms with E-state index in [4.69, 9.17) is 16.7 Å². The first-order valence-electron chi connectivity index (χ1n) is 4.40. The van der Waals surface area contributed by atoms with Crippen LogP contribution in [0.1, 0.15) is 13.8 Å². The smallest absolute Gasteiger partial charge is 0.227 e. The second-order valence-corrected chi connectivity index (χ2v) is 3.83. The summed E-state index contributed by atoms with van der Waals surface area (Å²) in [5, 5.41) is 11.4. The molecule has 15 heavy (non-hydrogen) atoms. The predicted molar refractivity (Wildman–Crippen MR) is 56.5 cm³/mol. The van der Waals surface area contributed by atoms with Crippen molar-refractivity contribution in [1.82, 2.24) is 0 Å². The highest BCUT2D eigenvalue weighted by molar-refractivity contribution is 6.32. The van der Waals surface area contributed by atoms with Crippen LogP contribution in [-0.2, 0) is 4.79 Å². The van der Waals surface area contributed by atoms with Crippen LogP contribution >= 0.6 is 11.6 Å². The Bertz CT molecular complexity index is 393. The number of benzene rings is 1. The van der Waals surface area contributed by atoms with Gasteiger partial charge in [0.25, 0.3) is 0 Å². The first kappa shape index (κ1) is 11.8. The normalized spacial score (nSPS) is 10.5. The van der Waals surface area contributed by atoms with Gasteiger partial charge >= 0.3 is 0 Å². The number of nitrogens with one attached hydrogen (secondary N) is 1. The Kier molecular flexibility index (Phi) is 3.52. The summed E-state index contributed by atoms with van der Waals surface area (Å²) in [6.07, 6.45) is 0. The molecule has 0 aliphatic carbocycles. The summed E-state index contributed by atoms with van der Waals surface area (Å²) >= 11 is 5.58. The lowest BCUT2D eigenvalue weighted by molar-refractivity contribution is -0.118. The molecule has 2 N–H and O–H groups in total. The number of phenols is 1. The van der Waals surface area contributed by atoms with Crippen molar-refractivity contribution < 1.29 is 14.3 Å². The van der Waals surface area contributed by atoms with E-state index in [0.29, 0.717) is 0 Å². The van der Waals surface area contributed by atoms with Crippen LogP contribution in [0.25, 0.3) is 0 Å². The molecule has 0 atom stereocenters. The van der Waals surface area contributed by atoms with Gasteiger partial charge in [0.15, 0.2) is 0 Å². The average Bonchev–Trinajstić information content (AvgIpc) is 2.13. The van der Waals surface area contributed by atoms with Crippen LogP contribution in [0.5, 0.6) is 5.75 Å². The summed E-state index contributed by atoms with van der Waals surface area (Å²) in [5.74, 6) is -1.63. The van der Waals surface area contributed by atoms with Crippen molar-refractivity contribution in [3.05, 3.63) is 23.0 Å². The highest BCUT2D eigenvalue weighted by Gasteiger charge is 2.12. The van der Waals surface area contributed by atoms with Gasteiger partial charge in [0.05, 0.1) is 10.7 Å². The van der Waals surface area contributed by atoms with E-state index in [1.54, 1.807) is 13.8 Å². The zero-order chi connectivity index (χ0) is 11.6. The summed E-state index contributed by atoms with van der Waals surface area (Å²) in [5.41, 5.74) is -0.0310. The average molecular weight is 232 g/mol. The molecule has 0 aliphatic heterocycles. The lowest BCUT2D eigenvalue weighted by atomic mass is 10.2. The SMILES string of the molecule is CC(C)C(=O)Nc1cc(Cl)c(O)cc1F. The molecule has 1 amide bonds. The van der Waals surface area contributed by atoms with Crippen LogP contribution in [0, 0.1) is 11.7 Å². The number of aromatic hydroxyl groups is 1. The number of rotatable bonds is 2. The molecule has 1 aromatic rings. The van der Waals surface area contributed by atoms with Crippen molar-refractivity contribution in [2.75, 3.05) is 5.32 Å². The van der Waals surface area contributed by atoms with E-state index >= 15 is 0 Å². The molecule has 5 heteroatoms. The molecule has 0 unspecified atom stereocenters. The van der Waals surface area contributed by atoms with E-state index < -0.39 is 5.82 Å². The second kappa shape index (κ2) is 4.49. The van der Waals surface area contributed by atoms with Crippen LogP contribution in [0.4, 0.5) is 10.1 Å². The van der Waals surface area contributed by atoms with Gasteiger partial charge in [-0.3, -0.25) is 4.79 Å². The number of anilines is 1. The molecule has 82 valence electrons. The summed E-state index contributed by atoms with van der Waals surface area (Å²) in [4.78, 5) is 11.3. The first-order chi connectivity index (χ1) is 6.91. The second-order valence-electron chi connectivity index (χ2n) is 3.43. The fourth-order valence-electron chi connectivity index (χ4n) is 0.909. The Labute approximate surface area is 91.9 Å². The van der Waals surface area contributed by atoms with Gasteiger partial charge in [-0.05, 0) is 6.07 Å². The molecule has 0 bridgehead atoms. The van der Waals surface area contributed by atoms with Crippen molar-refractivity contribution in [3.8, 4) is 5.75 Å². The van der Waals surface area contributed by atoms with Gasteiger partial charge in [0.1, 0.15) is 11.6 Å². The number of carbonyl (C=O) groups is 1. The van der Waals surface area contributed by atoms with Crippen LogP contribution in [0.2, 0.25) is 5.02 Å². The summed E-state index contributed by atoms with van der Waals surface area (Å²) in [7, 11) is 0. The monoisotopic (exact) mass is 231 g/mol.